The molecule has 0 aromatic heterocycles. The molecule has 1 aliphatic carbocycles. The highest BCUT2D eigenvalue weighted by Crippen LogP contribution is 2.41. The second-order valence-corrected chi connectivity index (χ2v) is 6.86. The summed E-state index contributed by atoms with van der Waals surface area (Å²) in [4.78, 5) is 11.9. The van der Waals surface area contributed by atoms with Gasteiger partial charge in [-0.2, -0.15) is 0 Å². The van der Waals surface area contributed by atoms with Crippen LogP contribution in [0, 0.1) is 0 Å². The molecule has 0 amide bonds. The molecule has 0 radical (unpaired) electrons. The van der Waals surface area contributed by atoms with Gasteiger partial charge < -0.3 is 14.6 Å². The minimum atomic E-state index is -0.985. The van der Waals surface area contributed by atoms with Crippen LogP contribution in [0.3, 0.4) is 0 Å². The van der Waals surface area contributed by atoms with Crippen molar-refractivity contribution >= 4 is 16.9 Å². The molecular weight excluding hydrogens is 366 g/mol. The summed E-state index contributed by atoms with van der Waals surface area (Å²) in [6.07, 6.45) is 0. The molecule has 146 valence electrons. The van der Waals surface area contributed by atoms with E-state index in [1.807, 2.05) is 30.3 Å². The smallest absolute Gasteiger partial charge is 0.336 e. The third-order valence-electron chi connectivity index (χ3n) is 5.24. The summed E-state index contributed by atoms with van der Waals surface area (Å²) in [7, 11) is 0. The minimum absolute atomic E-state index is 0.0953. The van der Waals surface area contributed by atoms with Crippen molar-refractivity contribution in [2.45, 2.75) is 13.8 Å². The van der Waals surface area contributed by atoms with Gasteiger partial charge in [-0.25, -0.2) is 9.37 Å². The quantitative estimate of drug-likeness (QED) is 0.401. The van der Waals surface area contributed by atoms with Crippen LogP contribution >= 0.6 is 0 Å². The van der Waals surface area contributed by atoms with E-state index in [1.54, 1.807) is 30.3 Å². The molecule has 2 aliphatic rings. The molecule has 0 unspecified atom stereocenters. The van der Waals surface area contributed by atoms with Gasteiger partial charge in [-0.15, -0.1) is 0 Å². The van der Waals surface area contributed by atoms with Gasteiger partial charge >= 0.3 is 5.97 Å². The number of rotatable bonds is 4. The van der Waals surface area contributed by atoms with E-state index in [0.29, 0.717) is 16.9 Å². The van der Waals surface area contributed by atoms with Crippen LogP contribution in [0.1, 0.15) is 24.2 Å². The van der Waals surface area contributed by atoms with Crippen molar-refractivity contribution in [3.05, 3.63) is 71.6 Å². The third-order valence-corrected chi connectivity index (χ3v) is 5.24. The first-order valence-corrected chi connectivity index (χ1v) is 9.63. The van der Waals surface area contributed by atoms with E-state index < -0.39 is 5.97 Å². The van der Waals surface area contributed by atoms with E-state index >= 15 is 0 Å². The summed E-state index contributed by atoms with van der Waals surface area (Å²) < 4.78 is 8.35. The van der Waals surface area contributed by atoms with Crippen molar-refractivity contribution in [1.29, 1.82) is 0 Å². The zero-order chi connectivity index (χ0) is 20.5. The SMILES string of the molecule is CC[N+](CC)=c1ccc2c(-c3ccccc3C(=O)O)c3ccc(O)cc3oc-2c1. The van der Waals surface area contributed by atoms with E-state index in [1.165, 1.54) is 0 Å². The molecule has 0 saturated heterocycles. The van der Waals surface area contributed by atoms with Crippen LogP contribution in [-0.4, -0.2) is 29.3 Å². The number of hydrogen-bond donors (Lipinski definition) is 2. The summed E-state index contributed by atoms with van der Waals surface area (Å²) in [6.45, 7) is 5.92. The molecule has 2 aromatic rings. The van der Waals surface area contributed by atoms with Crippen LogP contribution in [0.2, 0.25) is 0 Å². The maximum absolute atomic E-state index is 11.9. The van der Waals surface area contributed by atoms with Crippen LogP contribution in [0.4, 0.5) is 0 Å². The minimum Gasteiger partial charge on any atom is -0.508 e. The Labute approximate surface area is 168 Å². The van der Waals surface area contributed by atoms with Crippen LogP contribution in [0.15, 0.2) is 65.1 Å². The average Bonchev–Trinajstić information content (AvgIpc) is 2.72. The Balaban J connectivity index is 2.18. The Morgan fingerprint density at radius 2 is 1.72 bits per heavy atom. The van der Waals surface area contributed by atoms with Gasteiger partial charge in [0.25, 0.3) is 0 Å². The molecule has 1 aliphatic heterocycles. The van der Waals surface area contributed by atoms with Gasteiger partial charge in [-0.3, -0.25) is 0 Å². The highest BCUT2D eigenvalue weighted by atomic mass is 16.4. The van der Waals surface area contributed by atoms with E-state index in [4.69, 9.17) is 4.42 Å². The van der Waals surface area contributed by atoms with Crippen LogP contribution in [-0.2, 0) is 0 Å². The fraction of sp³-hybridized carbons (Fsp3) is 0.167. The molecule has 0 saturated carbocycles. The molecular formula is C24H22NO4+. The monoisotopic (exact) mass is 388 g/mol. The summed E-state index contributed by atoms with van der Waals surface area (Å²) in [5, 5.41) is 21.5. The second-order valence-electron chi connectivity index (χ2n) is 6.86. The molecule has 4 rings (SSSR count). The van der Waals surface area contributed by atoms with Crippen LogP contribution in [0.25, 0.3) is 33.4 Å². The van der Waals surface area contributed by atoms with Crippen molar-refractivity contribution < 1.29 is 19.4 Å². The first-order chi connectivity index (χ1) is 14.0. The summed E-state index contributed by atoms with van der Waals surface area (Å²) >= 11 is 0. The number of nitrogens with zero attached hydrogens (tertiary/aromatic N) is 1. The number of benzene rings is 3. The molecule has 0 spiro atoms. The van der Waals surface area contributed by atoms with Crippen molar-refractivity contribution in [2.75, 3.05) is 13.1 Å². The Kier molecular flexibility index (Phi) is 4.80. The predicted molar refractivity (Wildman–Crippen MR) is 113 cm³/mol. The number of phenols is 1. The fourth-order valence-electron chi connectivity index (χ4n) is 3.83. The Morgan fingerprint density at radius 3 is 2.45 bits per heavy atom. The van der Waals surface area contributed by atoms with Crippen LogP contribution in [0.5, 0.6) is 5.75 Å². The lowest BCUT2D eigenvalue weighted by molar-refractivity contribution is 0.0697. The zero-order valence-corrected chi connectivity index (χ0v) is 16.3. The summed E-state index contributed by atoms with van der Waals surface area (Å²) in [5.41, 5.74) is 2.96. The normalized spacial score (nSPS) is 11.1. The van der Waals surface area contributed by atoms with Gasteiger partial charge in [0, 0.05) is 28.6 Å². The molecule has 0 fully saturated rings. The maximum Gasteiger partial charge on any atom is 0.336 e. The number of aromatic carboxylic acids is 1. The number of carboxylic acids is 1. The van der Waals surface area contributed by atoms with Crippen molar-refractivity contribution in [1.82, 2.24) is 4.58 Å². The van der Waals surface area contributed by atoms with Gasteiger partial charge in [0.2, 0.25) is 5.36 Å². The van der Waals surface area contributed by atoms with Gasteiger partial charge in [0.05, 0.1) is 11.6 Å². The van der Waals surface area contributed by atoms with E-state index in [-0.39, 0.29) is 11.3 Å². The van der Waals surface area contributed by atoms with E-state index in [9.17, 15) is 15.0 Å². The zero-order valence-electron chi connectivity index (χ0n) is 16.3. The lowest BCUT2D eigenvalue weighted by Gasteiger charge is -2.16. The molecule has 2 aromatic carbocycles. The van der Waals surface area contributed by atoms with Gasteiger partial charge in [0.15, 0.2) is 0 Å². The maximum atomic E-state index is 11.9. The third kappa shape index (κ3) is 3.25. The van der Waals surface area contributed by atoms with Crippen molar-refractivity contribution in [2.24, 2.45) is 0 Å². The number of fused-ring (bicyclic) bond motifs is 2. The first kappa shape index (κ1) is 18.7. The second kappa shape index (κ2) is 7.43. The largest absolute Gasteiger partial charge is 0.508 e. The number of aromatic hydroxyl groups is 1. The van der Waals surface area contributed by atoms with Gasteiger partial charge in [0.1, 0.15) is 30.2 Å². The Bertz CT molecular complexity index is 1260. The van der Waals surface area contributed by atoms with E-state index in [2.05, 4.69) is 18.4 Å². The lowest BCUT2D eigenvalue weighted by atomic mass is 9.91. The topological polar surface area (TPSA) is 73.7 Å². The highest BCUT2D eigenvalue weighted by Gasteiger charge is 2.22. The predicted octanol–water partition coefficient (Wildman–Crippen LogP) is 4.42. The molecule has 5 nitrogen and oxygen atoms in total. The number of carboxylic acid groups (broad SMARTS) is 1. The molecule has 2 N–H and O–H groups in total. The van der Waals surface area contributed by atoms with Crippen molar-refractivity contribution in [3.63, 3.8) is 0 Å². The van der Waals surface area contributed by atoms with E-state index in [0.717, 1.165) is 35.0 Å². The molecule has 5 heteroatoms. The summed E-state index contributed by atoms with van der Waals surface area (Å²) in [6, 6.07) is 17.8. The fourth-order valence-corrected chi connectivity index (χ4v) is 3.83. The standard InChI is InChI=1S/C24H21NO4/c1-3-25(4-2)15-9-11-19-21(13-15)29-22-14-16(26)10-12-20(22)23(19)17-7-5-6-8-18(17)24(27)28/h5-14H,3-4H2,1-2H3,(H,27,28)/p+1. The lowest BCUT2D eigenvalue weighted by Crippen LogP contribution is -2.29. The molecule has 29 heavy (non-hydrogen) atoms. The first-order valence-electron chi connectivity index (χ1n) is 9.63. The highest BCUT2D eigenvalue weighted by molar-refractivity contribution is 6.07. The molecule has 0 bridgehead atoms. The molecule has 1 heterocycles. The Morgan fingerprint density at radius 1 is 0.966 bits per heavy atom. The number of hydrogen-bond acceptors (Lipinski definition) is 3. The average molecular weight is 388 g/mol. The number of phenolic OH excluding ortho intramolecular Hbond substituents is 1. The van der Waals surface area contributed by atoms with Gasteiger partial charge in [-0.1, -0.05) is 18.2 Å². The van der Waals surface area contributed by atoms with Gasteiger partial charge in [-0.05, 0) is 43.7 Å². The summed E-state index contributed by atoms with van der Waals surface area (Å²) in [5.74, 6) is -0.248. The number of carbonyl (C=O) groups is 1. The Hall–Kier alpha value is -3.60. The van der Waals surface area contributed by atoms with Crippen molar-refractivity contribution in [3.8, 4) is 28.2 Å². The van der Waals surface area contributed by atoms with Crippen LogP contribution < -0.4 is 9.93 Å². The molecule has 0 atom stereocenters.